The van der Waals surface area contributed by atoms with E-state index in [4.69, 9.17) is 4.74 Å². The summed E-state index contributed by atoms with van der Waals surface area (Å²) >= 11 is 5.85. The van der Waals surface area contributed by atoms with Crippen LogP contribution in [0.4, 0.5) is 0 Å². The normalized spacial score (nSPS) is 17.4. The van der Waals surface area contributed by atoms with Gasteiger partial charge in [-0.25, -0.2) is 0 Å². The molecule has 0 aromatic heterocycles. The van der Waals surface area contributed by atoms with Gasteiger partial charge in [-0.2, -0.15) is 0 Å². The Kier molecular flexibility index (Phi) is 5.10. The maximum absolute atomic E-state index is 5.95. The molecule has 1 aliphatic carbocycles. The van der Waals surface area contributed by atoms with E-state index in [1.807, 2.05) is 0 Å². The van der Waals surface area contributed by atoms with Crippen LogP contribution in [-0.2, 0) is 4.74 Å². The van der Waals surface area contributed by atoms with Gasteiger partial charge in [-0.1, -0.05) is 63.5 Å². The van der Waals surface area contributed by atoms with Gasteiger partial charge in [0.05, 0.1) is 6.10 Å². The fraction of sp³-hybridized carbons (Fsp3) is 0.538. The van der Waals surface area contributed by atoms with Crippen LogP contribution in [0.25, 0.3) is 0 Å². The Morgan fingerprint density at radius 1 is 1.31 bits per heavy atom. The van der Waals surface area contributed by atoms with E-state index >= 15 is 0 Å². The van der Waals surface area contributed by atoms with E-state index in [9.17, 15) is 0 Å². The summed E-state index contributed by atoms with van der Waals surface area (Å²) in [5.74, 6) is 0.958. The number of hydrogen-bond acceptors (Lipinski definition) is 1. The summed E-state index contributed by atoms with van der Waals surface area (Å²) < 4.78 is 8.09. The molecule has 0 saturated heterocycles. The van der Waals surface area contributed by atoms with Gasteiger partial charge in [-0.05, 0) is 30.0 Å². The minimum absolute atomic E-state index is 0.257. The van der Waals surface area contributed by atoms with E-state index in [0.717, 1.165) is 21.4 Å². The summed E-state index contributed by atoms with van der Waals surface area (Å²) in [6, 6.07) is 8.45. The van der Waals surface area contributed by atoms with Gasteiger partial charge in [0.25, 0.3) is 0 Å². The maximum atomic E-state index is 5.95. The maximum Gasteiger partial charge on any atom is 0.0914 e. The van der Waals surface area contributed by atoms with Crippen molar-refractivity contribution >= 4 is 38.5 Å². The zero-order valence-corrected chi connectivity index (χ0v) is 12.9. The van der Waals surface area contributed by atoms with Gasteiger partial charge in [0.2, 0.25) is 0 Å². The van der Waals surface area contributed by atoms with E-state index in [2.05, 4.69) is 62.8 Å². The predicted octanol–water partition coefficient (Wildman–Crippen LogP) is 4.74. The third-order valence-corrected chi connectivity index (χ3v) is 4.25. The zero-order valence-electron chi connectivity index (χ0n) is 9.16. The molecule has 1 aromatic rings. The molecular formula is C13H16BrIO. The Hall–Kier alpha value is 0.390. The third kappa shape index (κ3) is 4.00. The van der Waals surface area contributed by atoms with Gasteiger partial charge >= 0.3 is 0 Å². The van der Waals surface area contributed by atoms with Gasteiger partial charge < -0.3 is 4.74 Å². The summed E-state index contributed by atoms with van der Waals surface area (Å²) in [5.41, 5.74) is 1.29. The second-order valence-corrected chi connectivity index (χ2v) is 6.09. The molecule has 1 aromatic carbocycles. The molecule has 1 saturated carbocycles. The molecule has 0 amide bonds. The van der Waals surface area contributed by atoms with E-state index in [1.165, 1.54) is 24.8 Å². The number of rotatable bonds is 6. The summed E-state index contributed by atoms with van der Waals surface area (Å²) in [7, 11) is 0. The Bertz CT molecular complexity index is 321. The van der Waals surface area contributed by atoms with Crippen LogP contribution in [0.3, 0.4) is 0 Å². The van der Waals surface area contributed by atoms with Gasteiger partial charge in [0.1, 0.15) is 0 Å². The van der Waals surface area contributed by atoms with Crippen molar-refractivity contribution in [1.82, 2.24) is 0 Å². The second kappa shape index (κ2) is 6.36. The number of alkyl halides is 1. The zero-order chi connectivity index (χ0) is 11.4. The van der Waals surface area contributed by atoms with Crippen molar-refractivity contribution in [3.05, 3.63) is 34.3 Å². The van der Waals surface area contributed by atoms with Crippen molar-refractivity contribution in [2.75, 3.05) is 11.0 Å². The lowest BCUT2D eigenvalue weighted by Gasteiger charge is -2.15. The van der Waals surface area contributed by atoms with Crippen molar-refractivity contribution in [3.63, 3.8) is 0 Å². The highest BCUT2D eigenvalue weighted by Gasteiger charge is 2.21. The molecule has 0 spiro atoms. The third-order valence-electron chi connectivity index (χ3n) is 2.92. The first-order chi connectivity index (χ1) is 7.79. The first kappa shape index (κ1) is 12.8. The number of halogens is 2. The fourth-order valence-electron chi connectivity index (χ4n) is 1.69. The molecular weight excluding hydrogens is 379 g/mol. The van der Waals surface area contributed by atoms with Crippen LogP contribution >= 0.6 is 38.5 Å². The van der Waals surface area contributed by atoms with Gasteiger partial charge in [-0.15, -0.1) is 0 Å². The molecule has 1 aliphatic rings. The molecule has 0 bridgehead atoms. The van der Waals surface area contributed by atoms with Gasteiger partial charge in [-0.3, -0.25) is 0 Å². The lowest BCUT2D eigenvalue weighted by molar-refractivity contribution is 0.0665. The fourth-order valence-corrected chi connectivity index (χ4v) is 2.72. The summed E-state index contributed by atoms with van der Waals surface area (Å²) in [6.45, 7) is 0.911. The van der Waals surface area contributed by atoms with Gasteiger partial charge in [0.15, 0.2) is 0 Å². The summed E-state index contributed by atoms with van der Waals surface area (Å²) in [4.78, 5) is 0. The van der Waals surface area contributed by atoms with Crippen LogP contribution in [-0.4, -0.2) is 11.0 Å². The number of hydrogen-bond donors (Lipinski definition) is 0. The van der Waals surface area contributed by atoms with Crippen molar-refractivity contribution in [3.8, 4) is 0 Å². The summed E-state index contributed by atoms with van der Waals surface area (Å²) in [5, 5.41) is 0. The van der Waals surface area contributed by atoms with Crippen molar-refractivity contribution < 1.29 is 4.74 Å². The lowest BCUT2D eigenvalue weighted by atomic mass is 10.1. The number of ether oxygens (including phenoxy) is 1. The topological polar surface area (TPSA) is 9.23 Å². The predicted molar refractivity (Wildman–Crippen MR) is 79.1 cm³/mol. The van der Waals surface area contributed by atoms with E-state index < -0.39 is 0 Å². The highest BCUT2D eigenvalue weighted by Crippen LogP contribution is 2.33. The Morgan fingerprint density at radius 2 is 2.00 bits per heavy atom. The van der Waals surface area contributed by atoms with Crippen molar-refractivity contribution in [1.29, 1.82) is 0 Å². The SMILES string of the molecule is Brc1ccc(C(CI)OCCC2CC2)cc1. The molecule has 0 radical (unpaired) electrons. The quantitative estimate of drug-likeness (QED) is 0.500. The molecule has 16 heavy (non-hydrogen) atoms. The first-order valence-electron chi connectivity index (χ1n) is 5.72. The standard InChI is InChI=1S/C13H16BrIO/c14-12-5-3-11(4-6-12)13(9-15)16-8-7-10-1-2-10/h3-6,10,13H,1-2,7-9H2. The molecule has 3 heteroatoms. The van der Waals surface area contributed by atoms with Crippen LogP contribution in [0, 0.1) is 5.92 Å². The van der Waals surface area contributed by atoms with Crippen LogP contribution < -0.4 is 0 Å². The largest absolute Gasteiger partial charge is 0.373 e. The van der Waals surface area contributed by atoms with E-state index in [0.29, 0.717) is 0 Å². The monoisotopic (exact) mass is 394 g/mol. The Labute approximate surface area is 119 Å². The van der Waals surface area contributed by atoms with Crippen LogP contribution in [0.5, 0.6) is 0 Å². The molecule has 1 fully saturated rings. The minimum atomic E-state index is 0.257. The van der Waals surface area contributed by atoms with Crippen LogP contribution in [0.2, 0.25) is 0 Å². The number of benzene rings is 1. The Morgan fingerprint density at radius 3 is 2.56 bits per heavy atom. The average Bonchev–Trinajstić information content (AvgIpc) is 3.10. The smallest absolute Gasteiger partial charge is 0.0914 e. The van der Waals surface area contributed by atoms with E-state index in [-0.39, 0.29) is 6.10 Å². The highest BCUT2D eigenvalue weighted by molar-refractivity contribution is 14.1. The molecule has 1 nitrogen and oxygen atoms in total. The Balaban J connectivity index is 1.84. The average molecular weight is 395 g/mol. The van der Waals surface area contributed by atoms with E-state index in [1.54, 1.807) is 0 Å². The molecule has 2 rings (SSSR count). The summed E-state index contributed by atoms with van der Waals surface area (Å²) in [6.07, 6.45) is 4.32. The van der Waals surface area contributed by atoms with Crippen LogP contribution in [0.15, 0.2) is 28.7 Å². The molecule has 0 heterocycles. The van der Waals surface area contributed by atoms with Crippen molar-refractivity contribution in [2.45, 2.75) is 25.4 Å². The van der Waals surface area contributed by atoms with Crippen LogP contribution in [0.1, 0.15) is 30.9 Å². The first-order valence-corrected chi connectivity index (χ1v) is 8.04. The van der Waals surface area contributed by atoms with Gasteiger partial charge in [0, 0.05) is 15.5 Å². The highest BCUT2D eigenvalue weighted by atomic mass is 127. The lowest BCUT2D eigenvalue weighted by Crippen LogP contribution is -2.07. The minimum Gasteiger partial charge on any atom is -0.373 e. The molecule has 0 aliphatic heterocycles. The van der Waals surface area contributed by atoms with Crippen molar-refractivity contribution in [2.24, 2.45) is 5.92 Å². The molecule has 88 valence electrons. The molecule has 1 unspecified atom stereocenters. The molecule has 0 N–H and O–H groups in total. The molecule has 1 atom stereocenters. The second-order valence-electron chi connectivity index (χ2n) is 4.30.